The molecular formula is C27H27F3N2O2. The molecule has 0 fully saturated rings. The van der Waals surface area contributed by atoms with Crippen LogP contribution in [0, 0.1) is 0 Å². The maximum Gasteiger partial charge on any atom is 0.417 e. The van der Waals surface area contributed by atoms with E-state index in [1.165, 1.54) is 12.1 Å². The predicted molar refractivity (Wildman–Crippen MR) is 128 cm³/mol. The number of hydrogen-bond donors (Lipinski definition) is 1. The van der Waals surface area contributed by atoms with Crippen LogP contribution in [0.4, 0.5) is 18.9 Å². The molecule has 7 heteroatoms. The summed E-state index contributed by atoms with van der Waals surface area (Å²) in [5.41, 5.74) is 0.564. The molecule has 0 aromatic heterocycles. The fourth-order valence-corrected chi connectivity index (χ4v) is 4.05. The van der Waals surface area contributed by atoms with E-state index in [-0.39, 0.29) is 17.9 Å². The molecule has 3 aromatic rings. The molecule has 1 unspecified atom stereocenters. The van der Waals surface area contributed by atoms with Crippen LogP contribution in [0.15, 0.2) is 77.8 Å². The molecule has 0 aliphatic carbocycles. The van der Waals surface area contributed by atoms with Crippen LogP contribution in [0.3, 0.4) is 0 Å². The molecule has 4 nitrogen and oxygen atoms in total. The molecular weight excluding hydrogens is 441 g/mol. The van der Waals surface area contributed by atoms with E-state index in [9.17, 15) is 18.3 Å². The second-order valence-electron chi connectivity index (χ2n) is 8.79. The summed E-state index contributed by atoms with van der Waals surface area (Å²) < 4.78 is 47.0. The maximum atomic E-state index is 13.8. The van der Waals surface area contributed by atoms with Gasteiger partial charge in [0.05, 0.1) is 23.8 Å². The lowest BCUT2D eigenvalue weighted by Gasteiger charge is -2.26. The molecule has 178 valence electrons. The van der Waals surface area contributed by atoms with E-state index < -0.39 is 23.4 Å². The van der Waals surface area contributed by atoms with Crippen LogP contribution >= 0.6 is 0 Å². The van der Waals surface area contributed by atoms with E-state index >= 15 is 0 Å². The summed E-state index contributed by atoms with van der Waals surface area (Å²) in [6, 6.07) is 20.1. The number of aliphatic hydroxyl groups is 1. The summed E-state index contributed by atoms with van der Waals surface area (Å²) in [4.78, 5) is 6.33. The van der Waals surface area contributed by atoms with Crippen molar-refractivity contribution in [2.24, 2.45) is 4.99 Å². The Hall–Kier alpha value is -3.32. The van der Waals surface area contributed by atoms with Crippen molar-refractivity contribution in [3.05, 3.63) is 83.9 Å². The van der Waals surface area contributed by atoms with Gasteiger partial charge in [-0.25, -0.2) is 0 Å². The van der Waals surface area contributed by atoms with Crippen molar-refractivity contribution in [2.75, 3.05) is 18.1 Å². The van der Waals surface area contributed by atoms with Crippen molar-refractivity contribution in [2.45, 2.75) is 38.6 Å². The highest BCUT2D eigenvalue weighted by atomic mass is 19.4. The molecule has 1 atom stereocenters. The number of amidine groups is 1. The molecule has 1 aliphatic heterocycles. The Bertz CT molecular complexity index is 1200. The minimum Gasteiger partial charge on any atom is -0.494 e. The number of halogens is 3. The van der Waals surface area contributed by atoms with Crippen molar-refractivity contribution < 1.29 is 23.0 Å². The van der Waals surface area contributed by atoms with Crippen LogP contribution in [-0.2, 0) is 6.18 Å². The standard InChI is InChI=1S/C27H27F3N2O2/c1-4-34-21-12-8-10-19(16-21)18-9-7-11-20(15-18)32-17-24(26(2,3)33)31-25(32)22-13-5-6-14-23(22)27(28,29)30/h5-16,24,33H,4,17H2,1-3H3. The number of nitrogens with zero attached hydrogens (tertiary/aromatic N) is 2. The van der Waals surface area contributed by atoms with Gasteiger partial charge < -0.3 is 14.7 Å². The maximum absolute atomic E-state index is 13.8. The fourth-order valence-electron chi connectivity index (χ4n) is 4.05. The molecule has 0 saturated carbocycles. The lowest BCUT2D eigenvalue weighted by Crippen LogP contribution is -2.39. The Balaban J connectivity index is 1.79. The first kappa shape index (κ1) is 23.8. The number of anilines is 1. The van der Waals surface area contributed by atoms with E-state index in [1.807, 2.05) is 55.5 Å². The summed E-state index contributed by atoms with van der Waals surface area (Å²) in [6.45, 7) is 5.96. The van der Waals surface area contributed by atoms with Crippen molar-refractivity contribution in [3.8, 4) is 16.9 Å². The fraction of sp³-hybridized carbons (Fsp3) is 0.296. The summed E-state index contributed by atoms with van der Waals surface area (Å²) in [5.74, 6) is 0.940. The monoisotopic (exact) mass is 468 g/mol. The molecule has 1 N–H and O–H groups in total. The van der Waals surface area contributed by atoms with Gasteiger partial charge in [0.2, 0.25) is 0 Å². The van der Waals surface area contributed by atoms with Gasteiger partial charge in [0.15, 0.2) is 0 Å². The molecule has 34 heavy (non-hydrogen) atoms. The molecule has 1 heterocycles. The highest BCUT2D eigenvalue weighted by Gasteiger charge is 2.40. The number of hydrogen-bond acceptors (Lipinski definition) is 4. The van der Waals surface area contributed by atoms with Gasteiger partial charge in [0, 0.05) is 17.8 Å². The Labute approximate surface area is 197 Å². The summed E-state index contributed by atoms with van der Waals surface area (Å²) in [7, 11) is 0. The lowest BCUT2D eigenvalue weighted by molar-refractivity contribution is -0.137. The number of ether oxygens (including phenoxy) is 1. The third-order valence-corrected chi connectivity index (χ3v) is 5.81. The first-order valence-electron chi connectivity index (χ1n) is 11.2. The first-order valence-corrected chi connectivity index (χ1v) is 11.2. The van der Waals surface area contributed by atoms with E-state index in [2.05, 4.69) is 4.99 Å². The Morgan fingerprint density at radius 1 is 0.971 bits per heavy atom. The van der Waals surface area contributed by atoms with Gasteiger partial charge in [0.1, 0.15) is 11.6 Å². The third-order valence-electron chi connectivity index (χ3n) is 5.81. The molecule has 0 spiro atoms. The van der Waals surface area contributed by atoms with Crippen LogP contribution in [0.25, 0.3) is 11.1 Å². The highest BCUT2D eigenvalue weighted by molar-refractivity contribution is 6.12. The molecule has 4 rings (SSSR count). The number of alkyl halides is 3. The minimum absolute atomic E-state index is 0.00880. The second-order valence-corrected chi connectivity index (χ2v) is 8.79. The second kappa shape index (κ2) is 9.14. The van der Waals surface area contributed by atoms with Gasteiger partial charge in [0.25, 0.3) is 0 Å². The topological polar surface area (TPSA) is 45.1 Å². The van der Waals surface area contributed by atoms with Crippen LogP contribution in [-0.4, -0.2) is 35.7 Å². The van der Waals surface area contributed by atoms with Gasteiger partial charge >= 0.3 is 6.18 Å². The summed E-state index contributed by atoms with van der Waals surface area (Å²) in [5, 5.41) is 10.6. The molecule has 3 aromatic carbocycles. The van der Waals surface area contributed by atoms with Crippen molar-refractivity contribution in [3.63, 3.8) is 0 Å². The largest absolute Gasteiger partial charge is 0.494 e. The zero-order valence-electron chi connectivity index (χ0n) is 19.3. The van der Waals surface area contributed by atoms with Gasteiger partial charge in [-0.1, -0.05) is 42.5 Å². The summed E-state index contributed by atoms with van der Waals surface area (Å²) in [6.07, 6.45) is -4.53. The Morgan fingerprint density at radius 2 is 1.65 bits per heavy atom. The van der Waals surface area contributed by atoms with Crippen molar-refractivity contribution in [1.29, 1.82) is 0 Å². The van der Waals surface area contributed by atoms with Gasteiger partial charge in [-0.2, -0.15) is 13.2 Å². The zero-order valence-corrected chi connectivity index (χ0v) is 19.3. The van der Waals surface area contributed by atoms with Gasteiger partial charge in [-0.15, -0.1) is 0 Å². The lowest BCUT2D eigenvalue weighted by atomic mass is 9.99. The average molecular weight is 469 g/mol. The summed E-state index contributed by atoms with van der Waals surface area (Å²) >= 11 is 0. The Kier molecular flexibility index (Phi) is 6.41. The highest BCUT2D eigenvalue weighted by Crippen LogP contribution is 2.37. The zero-order chi connectivity index (χ0) is 24.5. The van der Waals surface area contributed by atoms with Gasteiger partial charge in [-0.3, -0.25) is 4.99 Å². The molecule has 0 radical (unpaired) electrons. The van der Waals surface area contributed by atoms with Crippen LogP contribution < -0.4 is 9.64 Å². The van der Waals surface area contributed by atoms with Crippen LogP contribution in [0.1, 0.15) is 31.9 Å². The van der Waals surface area contributed by atoms with Crippen molar-refractivity contribution >= 4 is 11.5 Å². The van der Waals surface area contributed by atoms with E-state index in [1.54, 1.807) is 24.8 Å². The van der Waals surface area contributed by atoms with E-state index in [0.717, 1.165) is 22.9 Å². The number of benzene rings is 3. The van der Waals surface area contributed by atoms with Crippen molar-refractivity contribution in [1.82, 2.24) is 0 Å². The van der Waals surface area contributed by atoms with Crippen LogP contribution in [0.2, 0.25) is 0 Å². The minimum atomic E-state index is -4.53. The molecule has 0 saturated heterocycles. The van der Waals surface area contributed by atoms with E-state index in [4.69, 9.17) is 4.74 Å². The molecule has 0 bridgehead atoms. The third kappa shape index (κ3) is 4.94. The molecule has 0 amide bonds. The normalized spacial score (nSPS) is 16.5. The number of rotatable bonds is 6. The molecule has 1 aliphatic rings. The predicted octanol–water partition coefficient (Wildman–Crippen LogP) is 6.18. The number of aliphatic imine (C=N–C) groups is 1. The SMILES string of the molecule is CCOc1cccc(-c2cccc(N3CC(C(C)(C)O)N=C3c3ccccc3C(F)(F)F)c2)c1. The smallest absolute Gasteiger partial charge is 0.417 e. The first-order chi connectivity index (χ1) is 16.1. The van der Waals surface area contributed by atoms with Gasteiger partial charge in [-0.05, 0) is 62.2 Å². The average Bonchev–Trinajstić information content (AvgIpc) is 3.25. The quantitative estimate of drug-likeness (QED) is 0.470. The van der Waals surface area contributed by atoms with E-state index in [0.29, 0.717) is 12.3 Å². The Morgan fingerprint density at radius 3 is 2.32 bits per heavy atom. The van der Waals surface area contributed by atoms with Crippen LogP contribution in [0.5, 0.6) is 5.75 Å².